The van der Waals surface area contributed by atoms with Crippen LogP contribution in [0, 0.1) is 0 Å². The molecule has 0 heterocycles. The van der Waals surface area contributed by atoms with Crippen LogP contribution in [0.2, 0.25) is 0 Å². The van der Waals surface area contributed by atoms with Gasteiger partial charge in [0.1, 0.15) is 12.4 Å². The highest BCUT2D eigenvalue weighted by molar-refractivity contribution is 6.00. The summed E-state index contributed by atoms with van der Waals surface area (Å²) in [5.41, 5.74) is 4.63. The van der Waals surface area contributed by atoms with Gasteiger partial charge in [0.25, 0.3) is 11.8 Å². The first-order valence-corrected chi connectivity index (χ1v) is 6.86. The van der Waals surface area contributed by atoms with E-state index in [1.54, 1.807) is 37.3 Å². The molecule has 0 unspecified atom stereocenters. The van der Waals surface area contributed by atoms with Gasteiger partial charge in [-0.05, 0) is 19.1 Å². The largest absolute Gasteiger partial charge is 0.489 e. The van der Waals surface area contributed by atoms with Crippen LogP contribution in [-0.4, -0.2) is 31.0 Å². The molecule has 0 atom stereocenters. The number of amides is 2. The molecule has 2 N–H and O–H groups in total. The first-order valence-electron chi connectivity index (χ1n) is 6.86. The number of carbonyl (C=O) groups is 3. The van der Waals surface area contributed by atoms with Gasteiger partial charge in [0.05, 0.1) is 12.2 Å². The Kier molecular flexibility index (Phi) is 7.63. The van der Waals surface area contributed by atoms with E-state index >= 15 is 0 Å². The number of carbonyl (C=O) groups excluding carboxylic acids is 3. The lowest BCUT2D eigenvalue weighted by Crippen LogP contribution is -2.41. The first-order chi connectivity index (χ1) is 11.1. The average molecular weight is 318 g/mol. The maximum atomic E-state index is 12.0. The third-order valence-electron chi connectivity index (χ3n) is 2.44. The van der Waals surface area contributed by atoms with E-state index in [1.165, 1.54) is 0 Å². The van der Waals surface area contributed by atoms with E-state index in [0.29, 0.717) is 5.75 Å². The van der Waals surface area contributed by atoms with Crippen LogP contribution in [-0.2, 0) is 14.3 Å². The SMILES string of the molecule is C=CCOc1ccccc1C(=O)NNC(=O)/C=C/C(=O)OCC. The molecule has 7 nitrogen and oxygen atoms in total. The Balaban J connectivity index is 2.58. The fourth-order valence-electron chi connectivity index (χ4n) is 1.49. The molecule has 0 saturated carbocycles. The van der Waals surface area contributed by atoms with Crippen molar-refractivity contribution in [2.45, 2.75) is 6.92 Å². The van der Waals surface area contributed by atoms with Crippen LogP contribution in [0.4, 0.5) is 0 Å². The van der Waals surface area contributed by atoms with Crippen LogP contribution in [0.5, 0.6) is 5.75 Å². The molecule has 0 radical (unpaired) electrons. The first kappa shape index (κ1) is 18.0. The number of hydrazine groups is 1. The van der Waals surface area contributed by atoms with Gasteiger partial charge in [-0.1, -0.05) is 24.8 Å². The molecule has 0 aliphatic rings. The molecule has 1 aromatic rings. The van der Waals surface area contributed by atoms with Crippen LogP contribution < -0.4 is 15.6 Å². The summed E-state index contributed by atoms with van der Waals surface area (Å²) in [6.07, 6.45) is 3.47. The van der Waals surface area contributed by atoms with Crippen LogP contribution in [0.1, 0.15) is 17.3 Å². The van der Waals surface area contributed by atoms with E-state index in [9.17, 15) is 14.4 Å². The Morgan fingerprint density at radius 1 is 1.17 bits per heavy atom. The normalized spacial score (nSPS) is 9.96. The van der Waals surface area contributed by atoms with Crippen molar-refractivity contribution < 1.29 is 23.9 Å². The molecule has 0 fully saturated rings. The Morgan fingerprint density at radius 2 is 1.91 bits per heavy atom. The van der Waals surface area contributed by atoms with Crippen LogP contribution in [0.25, 0.3) is 0 Å². The minimum atomic E-state index is -0.670. The number of hydrogen-bond acceptors (Lipinski definition) is 5. The Labute approximate surface area is 133 Å². The molecule has 0 aliphatic carbocycles. The van der Waals surface area contributed by atoms with Crippen molar-refractivity contribution in [2.24, 2.45) is 0 Å². The van der Waals surface area contributed by atoms with E-state index < -0.39 is 17.8 Å². The third-order valence-corrected chi connectivity index (χ3v) is 2.44. The van der Waals surface area contributed by atoms with Crippen LogP contribution in [0.15, 0.2) is 49.1 Å². The highest BCUT2D eigenvalue weighted by Gasteiger charge is 2.12. The minimum absolute atomic E-state index is 0.211. The van der Waals surface area contributed by atoms with Crippen LogP contribution >= 0.6 is 0 Å². The summed E-state index contributed by atoms with van der Waals surface area (Å²) >= 11 is 0. The fraction of sp³-hybridized carbons (Fsp3) is 0.188. The van der Waals surface area contributed by atoms with Crippen molar-refractivity contribution in [1.29, 1.82) is 0 Å². The smallest absolute Gasteiger partial charge is 0.330 e. The Hall–Kier alpha value is -3.09. The molecule has 1 aromatic carbocycles. The number of esters is 1. The number of nitrogens with one attached hydrogen (secondary N) is 2. The second-order valence-electron chi connectivity index (χ2n) is 4.12. The van der Waals surface area contributed by atoms with E-state index in [4.69, 9.17) is 4.74 Å². The molecular weight excluding hydrogens is 300 g/mol. The average Bonchev–Trinajstić information content (AvgIpc) is 2.56. The Morgan fingerprint density at radius 3 is 2.61 bits per heavy atom. The fourth-order valence-corrected chi connectivity index (χ4v) is 1.49. The van der Waals surface area contributed by atoms with Gasteiger partial charge in [-0.15, -0.1) is 0 Å². The highest BCUT2D eigenvalue weighted by atomic mass is 16.5. The standard InChI is InChI=1S/C16H18N2O5/c1-3-11-23-13-8-6-5-7-12(13)16(21)18-17-14(19)9-10-15(20)22-4-2/h3,5-10H,1,4,11H2,2H3,(H,17,19)(H,18,21)/b10-9+. The highest BCUT2D eigenvalue weighted by Crippen LogP contribution is 2.17. The van der Waals surface area contributed by atoms with Crippen molar-refractivity contribution in [3.8, 4) is 5.75 Å². The molecule has 0 aliphatic heterocycles. The summed E-state index contributed by atoms with van der Waals surface area (Å²) < 4.78 is 9.98. The summed E-state index contributed by atoms with van der Waals surface area (Å²) in [4.78, 5) is 34.6. The lowest BCUT2D eigenvalue weighted by Gasteiger charge is -2.10. The second kappa shape index (κ2) is 9.78. The molecule has 0 saturated heterocycles. The zero-order valence-corrected chi connectivity index (χ0v) is 12.7. The molecule has 0 aromatic heterocycles. The molecule has 2 amide bonds. The summed E-state index contributed by atoms with van der Waals surface area (Å²) in [6.45, 7) is 5.64. The van der Waals surface area contributed by atoms with E-state index in [0.717, 1.165) is 12.2 Å². The third kappa shape index (κ3) is 6.47. The van der Waals surface area contributed by atoms with E-state index in [2.05, 4.69) is 22.2 Å². The second-order valence-corrected chi connectivity index (χ2v) is 4.12. The van der Waals surface area contributed by atoms with Gasteiger partial charge in [0.15, 0.2) is 0 Å². The predicted octanol–water partition coefficient (Wildman–Crippen LogP) is 1.13. The van der Waals surface area contributed by atoms with Crippen molar-refractivity contribution >= 4 is 17.8 Å². The Bertz CT molecular complexity index is 610. The lowest BCUT2D eigenvalue weighted by molar-refractivity contribution is -0.137. The summed E-state index contributed by atoms with van der Waals surface area (Å²) in [5.74, 6) is -1.50. The number of para-hydroxylation sites is 1. The van der Waals surface area contributed by atoms with Gasteiger partial charge < -0.3 is 9.47 Å². The van der Waals surface area contributed by atoms with Crippen LogP contribution in [0.3, 0.4) is 0 Å². The summed E-state index contributed by atoms with van der Waals surface area (Å²) in [7, 11) is 0. The van der Waals surface area contributed by atoms with Crippen molar-refractivity contribution in [3.05, 3.63) is 54.6 Å². The number of hydrogen-bond donors (Lipinski definition) is 2. The molecule has 7 heteroatoms. The molecule has 122 valence electrons. The number of rotatable bonds is 7. The van der Waals surface area contributed by atoms with Gasteiger partial charge in [0, 0.05) is 12.2 Å². The number of benzene rings is 1. The van der Waals surface area contributed by atoms with Gasteiger partial charge in [-0.25, -0.2) is 4.79 Å². The molecule has 23 heavy (non-hydrogen) atoms. The zero-order valence-electron chi connectivity index (χ0n) is 12.7. The zero-order chi connectivity index (χ0) is 17.1. The molecule has 1 rings (SSSR count). The number of ether oxygens (including phenoxy) is 2. The van der Waals surface area contributed by atoms with E-state index in [1.807, 2.05) is 0 Å². The van der Waals surface area contributed by atoms with Gasteiger partial charge in [-0.3, -0.25) is 20.4 Å². The predicted molar refractivity (Wildman–Crippen MR) is 83.5 cm³/mol. The van der Waals surface area contributed by atoms with Crippen molar-refractivity contribution in [1.82, 2.24) is 10.9 Å². The van der Waals surface area contributed by atoms with Gasteiger partial charge >= 0.3 is 5.97 Å². The molecule has 0 spiro atoms. The monoisotopic (exact) mass is 318 g/mol. The molecule has 0 bridgehead atoms. The van der Waals surface area contributed by atoms with Gasteiger partial charge in [0.2, 0.25) is 0 Å². The minimum Gasteiger partial charge on any atom is -0.489 e. The molecular formula is C16H18N2O5. The van der Waals surface area contributed by atoms with E-state index in [-0.39, 0.29) is 18.8 Å². The van der Waals surface area contributed by atoms with Crippen molar-refractivity contribution in [2.75, 3.05) is 13.2 Å². The quantitative estimate of drug-likeness (QED) is 0.340. The summed E-state index contributed by atoms with van der Waals surface area (Å²) in [5, 5.41) is 0. The van der Waals surface area contributed by atoms with Crippen molar-refractivity contribution in [3.63, 3.8) is 0 Å². The van der Waals surface area contributed by atoms with Gasteiger partial charge in [-0.2, -0.15) is 0 Å². The topological polar surface area (TPSA) is 93.7 Å². The maximum absolute atomic E-state index is 12.0. The maximum Gasteiger partial charge on any atom is 0.330 e. The lowest BCUT2D eigenvalue weighted by atomic mass is 10.2. The summed E-state index contributed by atoms with van der Waals surface area (Å²) in [6, 6.07) is 6.56.